The highest BCUT2D eigenvalue weighted by atomic mass is 127. The molecule has 0 radical (unpaired) electrons. The zero-order chi connectivity index (χ0) is 29.9. The second-order valence-electron chi connectivity index (χ2n) is 9.72. The fourth-order valence-corrected chi connectivity index (χ4v) is 5.60. The lowest BCUT2D eigenvalue weighted by atomic mass is 9.87. The van der Waals surface area contributed by atoms with Crippen molar-refractivity contribution in [3.05, 3.63) is 62.7 Å². The number of aliphatic hydroxyl groups is 3. The van der Waals surface area contributed by atoms with Crippen molar-refractivity contribution in [2.45, 2.75) is 57.5 Å². The molecule has 41 heavy (non-hydrogen) atoms. The van der Waals surface area contributed by atoms with Gasteiger partial charge in [-0.2, -0.15) is 0 Å². The number of nitrogens with one attached hydrogen (secondary N) is 1. The van der Waals surface area contributed by atoms with Gasteiger partial charge in [-0.15, -0.1) is 0 Å². The molecule has 10 nitrogen and oxygen atoms in total. The van der Waals surface area contributed by atoms with E-state index in [4.69, 9.17) is 14.2 Å². The molecule has 0 spiro atoms. The lowest BCUT2D eigenvalue weighted by Gasteiger charge is -2.41. The zero-order valence-corrected chi connectivity index (χ0v) is 25.8. The summed E-state index contributed by atoms with van der Waals surface area (Å²) in [6.45, 7) is 1.89. The van der Waals surface area contributed by atoms with Crippen LogP contribution < -0.4 is 19.5 Å². The number of nitrogens with zero attached hydrogens (tertiary/aromatic N) is 1. The average Bonchev–Trinajstić information content (AvgIpc) is 2.98. The molecular weight excluding hydrogens is 643 g/mol. The minimum absolute atomic E-state index is 0.0670. The fraction of sp³-hybridized carbons (Fsp3) is 0.467. The van der Waals surface area contributed by atoms with Gasteiger partial charge in [0.25, 0.3) is 0 Å². The zero-order valence-electron chi connectivity index (χ0n) is 23.6. The van der Waals surface area contributed by atoms with E-state index in [1.807, 2.05) is 31.2 Å². The Morgan fingerprint density at radius 3 is 2.56 bits per heavy atom. The molecule has 0 aromatic heterocycles. The Morgan fingerprint density at radius 2 is 1.90 bits per heavy atom. The van der Waals surface area contributed by atoms with Crippen LogP contribution in [0.25, 0.3) is 0 Å². The number of carbonyl (C=O) groups is 2. The standard InChI is InChI=1S/C30H39IN2O8/c1-4-6-27(36)33(11-9-19-7-5-8-22(13-19)39-2)24-16-21(30(38)32-10-12-34)17-25(28(24)37)41-29-23(31)14-20(18-35)15-26(29)40-3/h5,7-8,13-15,17,24-25,28,34-35,37H,4,6,9-12,16,18H2,1-3H3,(H,32,38)/t24-,25+,28+/m1/s1. The number of methoxy groups -OCH3 is 2. The summed E-state index contributed by atoms with van der Waals surface area (Å²) in [7, 11) is 3.07. The van der Waals surface area contributed by atoms with Crippen molar-refractivity contribution in [2.24, 2.45) is 0 Å². The first-order valence-electron chi connectivity index (χ1n) is 13.6. The topological polar surface area (TPSA) is 138 Å². The lowest BCUT2D eigenvalue weighted by molar-refractivity contribution is -0.138. The van der Waals surface area contributed by atoms with Gasteiger partial charge in [-0.05, 0) is 76.9 Å². The Bertz CT molecular complexity index is 1220. The van der Waals surface area contributed by atoms with E-state index < -0.39 is 24.2 Å². The molecule has 0 unspecified atom stereocenters. The normalized spacial score (nSPS) is 18.3. The van der Waals surface area contributed by atoms with E-state index in [9.17, 15) is 24.9 Å². The molecule has 3 atom stereocenters. The molecule has 224 valence electrons. The smallest absolute Gasteiger partial charge is 0.247 e. The first kappa shape index (κ1) is 32.6. The predicted molar refractivity (Wildman–Crippen MR) is 162 cm³/mol. The van der Waals surface area contributed by atoms with E-state index in [0.717, 1.165) is 5.56 Å². The average molecular weight is 683 g/mol. The summed E-state index contributed by atoms with van der Waals surface area (Å²) in [5.74, 6) is 0.893. The molecule has 0 heterocycles. The number of ether oxygens (including phenoxy) is 3. The van der Waals surface area contributed by atoms with Crippen molar-refractivity contribution >= 4 is 34.4 Å². The molecule has 11 heteroatoms. The van der Waals surface area contributed by atoms with E-state index in [-0.39, 0.29) is 38.5 Å². The highest BCUT2D eigenvalue weighted by Gasteiger charge is 2.40. The molecular formula is C30H39IN2O8. The Labute approximate surface area is 254 Å². The van der Waals surface area contributed by atoms with Crippen molar-refractivity contribution < 1.29 is 39.1 Å². The Kier molecular flexibility index (Phi) is 12.7. The van der Waals surface area contributed by atoms with Gasteiger partial charge in [0.1, 0.15) is 18.0 Å². The highest BCUT2D eigenvalue weighted by molar-refractivity contribution is 14.1. The van der Waals surface area contributed by atoms with Gasteiger partial charge in [-0.1, -0.05) is 19.1 Å². The van der Waals surface area contributed by atoms with Crippen molar-refractivity contribution in [3.8, 4) is 17.2 Å². The third kappa shape index (κ3) is 8.57. The van der Waals surface area contributed by atoms with Gasteiger partial charge in [-0.25, -0.2) is 0 Å². The fourth-order valence-electron chi connectivity index (χ4n) is 4.81. The van der Waals surface area contributed by atoms with Crippen molar-refractivity contribution in [1.29, 1.82) is 0 Å². The first-order valence-corrected chi connectivity index (χ1v) is 14.7. The molecule has 3 rings (SSSR count). The summed E-state index contributed by atoms with van der Waals surface area (Å²) in [4.78, 5) is 28.1. The van der Waals surface area contributed by atoms with Gasteiger partial charge in [0.15, 0.2) is 11.5 Å². The largest absolute Gasteiger partial charge is 0.497 e. The minimum Gasteiger partial charge on any atom is -0.497 e. The van der Waals surface area contributed by atoms with Crippen molar-refractivity contribution in [1.82, 2.24) is 10.2 Å². The third-order valence-electron chi connectivity index (χ3n) is 6.90. The maximum atomic E-state index is 13.4. The van der Waals surface area contributed by atoms with E-state index in [2.05, 4.69) is 27.9 Å². The first-order chi connectivity index (χ1) is 19.8. The van der Waals surface area contributed by atoms with Crippen LogP contribution in [0.3, 0.4) is 0 Å². The Hall–Kier alpha value is -2.87. The SMILES string of the molecule is CCCC(=O)N(CCc1cccc(OC)c1)[C@@H]1CC(C(=O)NCCO)=C[C@H](Oc2c(I)cc(CO)cc2OC)[C@H]1O. The number of hydrogen-bond donors (Lipinski definition) is 4. The number of benzene rings is 2. The number of amides is 2. The number of halogens is 1. The molecule has 2 amide bonds. The minimum atomic E-state index is -1.16. The number of aliphatic hydroxyl groups excluding tert-OH is 3. The van der Waals surface area contributed by atoms with Crippen LogP contribution in [-0.2, 0) is 22.6 Å². The maximum Gasteiger partial charge on any atom is 0.247 e. The van der Waals surface area contributed by atoms with Gasteiger partial charge < -0.3 is 39.7 Å². The highest BCUT2D eigenvalue weighted by Crippen LogP contribution is 2.37. The molecule has 1 aliphatic rings. The molecule has 2 aromatic carbocycles. The van der Waals surface area contributed by atoms with E-state index in [0.29, 0.717) is 51.3 Å². The molecule has 2 aromatic rings. The Balaban J connectivity index is 1.98. The van der Waals surface area contributed by atoms with Crippen LogP contribution in [0.4, 0.5) is 0 Å². The van der Waals surface area contributed by atoms with Gasteiger partial charge >= 0.3 is 0 Å². The van der Waals surface area contributed by atoms with E-state index in [1.54, 1.807) is 30.2 Å². The van der Waals surface area contributed by atoms with Crippen LogP contribution in [0.5, 0.6) is 17.2 Å². The molecule has 0 fully saturated rings. The summed E-state index contributed by atoms with van der Waals surface area (Å²) in [5.41, 5.74) is 1.95. The van der Waals surface area contributed by atoms with Crippen LogP contribution in [0, 0.1) is 3.57 Å². The summed E-state index contributed by atoms with van der Waals surface area (Å²) in [5, 5.41) is 33.1. The van der Waals surface area contributed by atoms with Crippen LogP contribution >= 0.6 is 22.6 Å². The predicted octanol–water partition coefficient (Wildman–Crippen LogP) is 2.59. The summed E-state index contributed by atoms with van der Waals surface area (Å²) < 4.78 is 17.8. The number of hydrogen-bond acceptors (Lipinski definition) is 8. The van der Waals surface area contributed by atoms with Gasteiger partial charge in [0.05, 0.1) is 37.0 Å². The molecule has 1 aliphatic carbocycles. The van der Waals surface area contributed by atoms with Crippen LogP contribution in [0.2, 0.25) is 0 Å². The van der Waals surface area contributed by atoms with Crippen LogP contribution in [0.1, 0.15) is 37.3 Å². The van der Waals surface area contributed by atoms with Gasteiger partial charge in [0.2, 0.25) is 11.8 Å². The van der Waals surface area contributed by atoms with E-state index >= 15 is 0 Å². The van der Waals surface area contributed by atoms with Gasteiger partial charge in [-0.3, -0.25) is 9.59 Å². The summed E-state index contributed by atoms with van der Waals surface area (Å²) >= 11 is 2.06. The maximum absolute atomic E-state index is 13.4. The number of rotatable bonds is 14. The Morgan fingerprint density at radius 1 is 1.12 bits per heavy atom. The second kappa shape index (κ2) is 15.9. The van der Waals surface area contributed by atoms with Crippen LogP contribution in [0.15, 0.2) is 48.0 Å². The number of carbonyl (C=O) groups excluding carboxylic acids is 2. The van der Waals surface area contributed by atoms with Crippen molar-refractivity contribution in [2.75, 3.05) is 33.9 Å². The molecule has 0 saturated heterocycles. The van der Waals surface area contributed by atoms with E-state index in [1.165, 1.54) is 7.11 Å². The monoisotopic (exact) mass is 682 g/mol. The van der Waals surface area contributed by atoms with Crippen molar-refractivity contribution in [3.63, 3.8) is 0 Å². The molecule has 0 saturated carbocycles. The quantitative estimate of drug-likeness (QED) is 0.224. The summed E-state index contributed by atoms with van der Waals surface area (Å²) in [6.07, 6.45) is 0.969. The second-order valence-corrected chi connectivity index (χ2v) is 10.9. The molecule has 0 aliphatic heterocycles. The molecule has 0 bridgehead atoms. The summed E-state index contributed by atoms with van der Waals surface area (Å²) in [6, 6.07) is 10.2. The lowest BCUT2D eigenvalue weighted by Crippen LogP contribution is -2.55. The third-order valence-corrected chi connectivity index (χ3v) is 7.70. The molecule has 4 N–H and O–H groups in total. The van der Waals surface area contributed by atoms with Gasteiger partial charge in [0, 0.05) is 31.5 Å². The van der Waals surface area contributed by atoms with Crippen LogP contribution in [-0.4, -0.2) is 84.2 Å².